The van der Waals surface area contributed by atoms with Gasteiger partial charge in [0, 0.05) is 11.9 Å². The topological polar surface area (TPSA) is 80.3 Å². The van der Waals surface area contributed by atoms with Crippen LogP contribution in [0.3, 0.4) is 0 Å². The summed E-state index contributed by atoms with van der Waals surface area (Å²) in [4.78, 5) is 20.2. The molecule has 0 amide bonds. The van der Waals surface area contributed by atoms with Crippen LogP contribution >= 0.6 is 0 Å². The van der Waals surface area contributed by atoms with Crippen LogP contribution in [0.4, 0.5) is 0 Å². The zero-order valence-corrected chi connectivity index (χ0v) is 27.1. The van der Waals surface area contributed by atoms with Gasteiger partial charge in [0.05, 0.1) is 0 Å². The number of hydrogen-bond acceptors (Lipinski definition) is 4. The van der Waals surface area contributed by atoms with Crippen molar-refractivity contribution in [2.45, 2.75) is 182 Å². The van der Waals surface area contributed by atoms with E-state index in [1.54, 1.807) is 0 Å². The van der Waals surface area contributed by atoms with Crippen molar-refractivity contribution in [1.29, 1.82) is 0 Å². The van der Waals surface area contributed by atoms with Gasteiger partial charge in [-0.25, -0.2) is 0 Å². The Balaban J connectivity index is -0.000000140. The minimum atomic E-state index is -0.909. The second-order valence-corrected chi connectivity index (χ2v) is 9.61. The van der Waals surface area contributed by atoms with Crippen molar-refractivity contribution >= 4 is 11.9 Å². The van der Waals surface area contributed by atoms with Crippen molar-refractivity contribution < 1.29 is 41.5 Å². The number of carbonyl (C=O) groups is 2. The molecule has 0 aromatic heterocycles. The molecule has 0 aliphatic rings. The predicted molar refractivity (Wildman–Crippen MR) is 154 cm³/mol. The van der Waals surface area contributed by atoms with E-state index < -0.39 is 11.9 Å². The van der Waals surface area contributed by atoms with Gasteiger partial charge >= 0.3 is 21.7 Å². The Morgan fingerprint density at radius 1 is 0.432 bits per heavy atom. The average Bonchev–Trinajstić information content (AvgIpc) is 2.87. The van der Waals surface area contributed by atoms with E-state index >= 15 is 0 Å². The van der Waals surface area contributed by atoms with E-state index in [0.717, 1.165) is 38.5 Å². The zero-order valence-electron chi connectivity index (χ0n) is 25.5. The van der Waals surface area contributed by atoms with Crippen LogP contribution in [0.2, 0.25) is 0 Å². The largest absolute Gasteiger partial charge is 4.00 e. The molecule has 37 heavy (non-hydrogen) atoms. The van der Waals surface area contributed by atoms with Crippen molar-refractivity contribution in [3.63, 3.8) is 0 Å². The van der Waals surface area contributed by atoms with E-state index in [2.05, 4.69) is 41.5 Å². The number of rotatable bonds is 22. The molecule has 0 saturated heterocycles. The molecule has 0 radical (unpaired) electrons. The van der Waals surface area contributed by atoms with Crippen LogP contribution in [0.5, 0.6) is 0 Å². The van der Waals surface area contributed by atoms with Gasteiger partial charge in [0.1, 0.15) is 0 Å². The maximum absolute atomic E-state index is 10.1. The van der Waals surface area contributed by atoms with E-state index in [1.807, 2.05) is 0 Å². The van der Waals surface area contributed by atoms with Crippen molar-refractivity contribution in [2.24, 2.45) is 0 Å². The molecule has 0 N–H and O–H groups in total. The summed E-state index contributed by atoms with van der Waals surface area (Å²) in [7, 11) is 0. The second-order valence-electron chi connectivity index (χ2n) is 9.61. The fourth-order valence-corrected chi connectivity index (χ4v) is 3.16. The zero-order chi connectivity index (χ0) is 28.1. The van der Waals surface area contributed by atoms with Crippen molar-refractivity contribution in [3.8, 4) is 0 Å². The molecule has 0 aliphatic heterocycles. The first-order valence-electron chi connectivity index (χ1n) is 15.4. The monoisotopic (exact) mass is 560 g/mol. The molecule has 0 atom stereocenters. The number of carboxylic acid groups (broad SMARTS) is 2. The Labute approximate surface area is 248 Å². The molecule has 0 bridgehead atoms. The molecule has 5 heteroatoms. The summed E-state index contributed by atoms with van der Waals surface area (Å²) in [5.74, 6) is -1.82. The maximum Gasteiger partial charge on any atom is 4.00 e. The van der Waals surface area contributed by atoms with Gasteiger partial charge in [-0.05, 0) is 25.7 Å². The molecule has 0 unspecified atom stereocenters. The number of carbonyl (C=O) groups excluding carboxylic acids is 2. The molecule has 0 fully saturated rings. The Hall–Kier alpha value is -0.346. The third kappa shape index (κ3) is 72.2. The Morgan fingerprint density at radius 3 is 0.784 bits per heavy atom. The van der Waals surface area contributed by atoms with E-state index in [0.29, 0.717) is 0 Å². The van der Waals surface area contributed by atoms with E-state index in [-0.39, 0.29) is 34.6 Å². The van der Waals surface area contributed by atoms with Crippen LogP contribution in [-0.2, 0) is 31.3 Å². The summed E-state index contributed by atoms with van der Waals surface area (Å²) in [6, 6.07) is 0. The summed E-state index contributed by atoms with van der Waals surface area (Å²) >= 11 is 0. The predicted octanol–water partition coefficient (Wildman–Crippen LogP) is 8.55. The van der Waals surface area contributed by atoms with Gasteiger partial charge in [0.15, 0.2) is 0 Å². The molecule has 220 valence electrons. The summed E-state index contributed by atoms with van der Waals surface area (Å²) < 4.78 is 0. The summed E-state index contributed by atoms with van der Waals surface area (Å²) in [5, 5.41) is 20.2. The molecule has 4 nitrogen and oxygen atoms in total. The molecule has 0 heterocycles. The Morgan fingerprint density at radius 2 is 0.622 bits per heavy atom. The maximum atomic E-state index is 10.1. The van der Waals surface area contributed by atoms with Gasteiger partial charge in [-0.1, -0.05) is 143 Å². The molecular formula is C32H64O4Ti. The first-order chi connectivity index (χ1) is 17.4. The quantitative estimate of drug-likeness (QED) is 0.0755. The minimum Gasteiger partial charge on any atom is -0.550 e. The van der Waals surface area contributed by atoms with E-state index in [1.165, 1.54) is 103 Å². The molecule has 0 aromatic carbocycles. The van der Waals surface area contributed by atoms with Crippen LogP contribution in [0.15, 0.2) is 0 Å². The summed E-state index contributed by atoms with van der Waals surface area (Å²) in [6.07, 6.45) is 26.9. The van der Waals surface area contributed by atoms with Gasteiger partial charge in [-0.15, -0.1) is 0 Å². The number of hydrogen-bond donors (Lipinski definition) is 0. The molecular weight excluding hydrogens is 496 g/mol. The first-order valence-corrected chi connectivity index (χ1v) is 15.4. The number of carboxylic acids is 2. The molecule has 0 saturated carbocycles. The number of unbranched alkanes of at least 4 members (excludes halogenated alkanes) is 18. The Bertz CT molecular complexity index is 349. The van der Waals surface area contributed by atoms with Crippen molar-refractivity contribution in [2.75, 3.05) is 0 Å². The summed E-state index contributed by atoms with van der Waals surface area (Å²) in [5.41, 5.74) is 0. The average molecular weight is 561 g/mol. The third-order valence-corrected chi connectivity index (χ3v) is 5.68. The molecule has 0 rings (SSSR count). The van der Waals surface area contributed by atoms with E-state index in [9.17, 15) is 19.8 Å². The van der Waals surface area contributed by atoms with Gasteiger partial charge in [0.25, 0.3) is 0 Å². The van der Waals surface area contributed by atoms with Crippen molar-refractivity contribution in [3.05, 3.63) is 13.8 Å². The fraction of sp³-hybridized carbons (Fsp3) is 0.875. The second kappa shape index (κ2) is 48.7. The molecule has 0 aromatic rings. The van der Waals surface area contributed by atoms with Gasteiger partial charge in [-0.2, -0.15) is 12.8 Å². The van der Waals surface area contributed by atoms with Crippen LogP contribution < -0.4 is 10.2 Å². The smallest absolute Gasteiger partial charge is 0.550 e. The SMILES string of the molecule is CCCCCCCCCCCC(=O)[O-].CCCCCCCCCCCC(=O)[O-].[CH2-]CCC.[CH2-]CCC.[Ti+4]. The molecule has 0 spiro atoms. The minimum absolute atomic E-state index is 0. The fourth-order valence-electron chi connectivity index (χ4n) is 3.16. The van der Waals surface area contributed by atoms with Crippen LogP contribution in [-0.4, -0.2) is 11.9 Å². The Kier molecular flexibility index (Phi) is 61.2. The normalized spacial score (nSPS) is 9.46. The first kappa shape index (κ1) is 46.5. The van der Waals surface area contributed by atoms with Crippen LogP contribution in [0.1, 0.15) is 182 Å². The van der Waals surface area contributed by atoms with Crippen LogP contribution in [0, 0.1) is 13.8 Å². The van der Waals surface area contributed by atoms with Gasteiger partial charge in [-0.3, -0.25) is 0 Å². The van der Waals surface area contributed by atoms with Crippen LogP contribution in [0.25, 0.3) is 0 Å². The summed E-state index contributed by atoms with van der Waals surface area (Å²) in [6.45, 7) is 15.9. The van der Waals surface area contributed by atoms with E-state index in [4.69, 9.17) is 0 Å². The van der Waals surface area contributed by atoms with Crippen molar-refractivity contribution in [1.82, 2.24) is 0 Å². The third-order valence-electron chi connectivity index (χ3n) is 5.68. The number of aliphatic carboxylic acids is 2. The van der Waals surface area contributed by atoms with Gasteiger partial charge < -0.3 is 33.6 Å². The van der Waals surface area contributed by atoms with Gasteiger partial charge in [0.2, 0.25) is 0 Å². The standard InChI is InChI=1S/2C12H24O2.2C4H9.Ti/c2*1-2-3-4-5-6-7-8-9-10-11-12(13)14;2*1-3-4-2;/h2*2-11H2,1H3,(H,13,14);2*1,3-4H2,2H3;/q;;2*-1;+4/p-2. The molecule has 0 aliphatic carbocycles.